The number of aromatic nitrogens is 4. The van der Waals surface area contributed by atoms with E-state index in [1.165, 1.54) is 11.1 Å². The number of hydrogen-bond acceptors (Lipinski definition) is 6. The summed E-state index contributed by atoms with van der Waals surface area (Å²) >= 11 is 0. The molecule has 0 bridgehead atoms. The highest BCUT2D eigenvalue weighted by Crippen LogP contribution is 2.48. The summed E-state index contributed by atoms with van der Waals surface area (Å²) in [5.74, 6) is 1.62. The molecule has 0 aliphatic heterocycles. The van der Waals surface area contributed by atoms with Gasteiger partial charge in [-0.05, 0) is 43.0 Å². The number of benzene rings is 2. The van der Waals surface area contributed by atoms with E-state index in [1.807, 2.05) is 12.1 Å². The van der Waals surface area contributed by atoms with E-state index in [9.17, 15) is 0 Å². The molecule has 4 aromatic rings. The predicted octanol–water partition coefficient (Wildman–Crippen LogP) is 4.55. The van der Waals surface area contributed by atoms with Crippen LogP contribution in [-0.4, -0.2) is 20.1 Å². The first-order valence-corrected chi connectivity index (χ1v) is 9.74. The molecule has 0 atom stereocenters. The highest BCUT2D eigenvalue weighted by molar-refractivity contribution is 5.63. The van der Waals surface area contributed by atoms with Crippen molar-refractivity contribution in [3.8, 4) is 22.6 Å². The molecule has 1 fully saturated rings. The van der Waals surface area contributed by atoms with Crippen LogP contribution in [0, 0.1) is 6.92 Å². The summed E-state index contributed by atoms with van der Waals surface area (Å²) in [4.78, 5) is 12.9. The molecule has 2 N–H and O–H groups in total. The van der Waals surface area contributed by atoms with Crippen LogP contribution in [0.3, 0.4) is 0 Å². The minimum Gasteiger partial charge on any atom is -0.368 e. The zero-order chi connectivity index (χ0) is 19.8. The second kappa shape index (κ2) is 6.81. The van der Waals surface area contributed by atoms with Gasteiger partial charge in [0.2, 0.25) is 5.95 Å². The standard InChI is InChI=1S/C23H21N5O/c1-15-4-2-5-17(12-15)20-27-21(28-29-20)23(10-3-11-23)19-8-6-16(7-9-19)18-13-25-22(24)26-14-18/h2,4-9,12-14H,3,10-11H2,1H3,(H2,24,25,26). The smallest absolute Gasteiger partial charge is 0.257 e. The molecule has 0 saturated heterocycles. The zero-order valence-corrected chi connectivity index (χ0v) is 16.2. The van der Waals surface area contributed by atoms with Gasteiger partial charge in [0, 0.05) is 23.5 Å². The molecule has 144 valence electrons. The molecule has 5 rings (SSSR count). The molecule has 1 saturated carbocycles. The van der Waals surface area contributed by atoms with Crippen LogP contribution in [0.25, 0.3) is 22.6 Å². The Morgan fingerprint density at radius 1 is 0.931 bits per heavy atom. The number of anilines is 1. The Labute approximate surface area is 168 Å². The summed E-state index contributed by atoms with van der Waals surface area (Å²) in [6, 6.07) is 16.6. The van der Waals surface area contributed by atoms with Gasteiger partial charge in [-0.25, -0.2) is 9.97 Å². The predicted molar refractivity (Wildman–Crippen MR) is 111 cm³/mol. The van der Waals surface area contributed by atoms with Crippen molar-refractivity contribution in [1.29, 1.82) is 0 Å². The van der Waals surface area contributed by atoms with Gasteiger partial charge in [-0.15, -0.1) is 0 Å². The summed E-state index contributed by atoms with van der Waals surface area (Å²) in [6.45, 7) is 2.06. The van der Waals surface area contributed by atoms with Crippen molar-refractivity contribution in [2.45, 2.75) is 31.6 Å². The Hall–Kier alpha value is -3.54. The molecule has 2 heterocycles. The summed E-state index contributed by atoms with van der Waals surface area (Å²) in [5, 5.41) is 4.36. The fourth-order valence-electron chi connectivity index (χ4n) is 3.95. The summed E-state index contributed by atoms with van der Waals surface area (Å²) in [7, 11) is 0. The van der Waals surface area contributed by atoms with Gasteiger partial charge >= 0.3 is 0 Å². The van der Waals surface area contributed by atoms with Gasteiger partial charge in [0.05, 0.1) is 5.41 Å². The number of aryl methyl sites for hydroxylation is 1. The van der Waals surface area contributed by atoms with E-state index in [2.05, 4.69) is 58.4 Å². The number of nitrogens with zero attached hydrogens (tertiary/aromatic N) is 4. The molecule has 0 unspecified atom stereocenters. The molecule has 1 aliphatic rings. The van der Waals surface area contributed by atoms with Gasteiger partial charge < -0.3 is 10.3 Å². The fourth-order valence-corrected chi connectivity index (χ4v) is 3.95. The molecule has 1 aliphatic carbocycles. The third-order valence-corrected chi connectivity index (χ3v) is 5.77. The monoisotopic (exact) mass is 383 g/mol. The normalized spacial score (nSPS) is 15.1. The number of hydrogen-bond donors (Lipinski definition) is 1. The SMILES string of the molecule is Cc1cccc(-c2nc(C3(c4ccc(-c5cnc(N)nc5)cc4)CCC3)no2)c1. The van der Waals surface area contributed by atoms with Crippen molar-refractivity contribution in [1.82, 2.24) is 20.1 Å². The van der Waals surface area contributed by atoms with Gasteiger partial charge in [0.25, 0.3) is 5.89 Å². The van der Waals surface area contributed by atoms with Gasteiger partial charge in [-0.3, -0.25) is 0 Å². The Morgan fingerprint density at radius 3 is 2.34 bits per heavy atom. The Kier molecular flexibility index (Phi) is 4.12. The second-order valence-electron chi connectivity index (χ2n) is 7.64. The minimum absolute atomic E-state index is 0.179. The van der Waals surface area contributed by atoms with E-state index in [1.54, 1.807) is 12.4 Å². The summed E-state index contributed by atoms with van der Waals surface area (Å²) in [5.41, 5.74) is 10.7. The largest absolute Gasteiger partial charge is 0.368 e. The van der Waals surface area contributed by atoms with Crippen LogP contribution in [0.15, 0.2) is 65.4 Å². The van der Waals surface area contributed by atoms with Crippen LogP contribution in [-0.2, 0) is 5.41 Å². The average molecular weight is 383 g/mol. The first kappa shape index (κ1) is 17.6. The third-order valence-electron chi connectivity index (χ3n) is 5.77. The summed E-state index contributed by atoms with van der Waals surface area (Å²) < 4.78 is 5.62. The van der Waals surface area contributed by atoms with E-state index in [0.717, 1.165) is 41.8 Å². The van der Waals surface area contributed by atoms with E-state index >= 15 is 0 Å². The lowest BCUT2D eigenvalue weighted by Crippen LogP contribution is -2.36. The number of nitrogen functional groups attached to an aromatic ring is 1. The van der Waals surface area contributed by atoms with Crippen LogP contribution >= 0.6 is 0 Å². The average Bonchev–Trinajstić information content (AvgIpc) is 3.19. The van der Waals surface area contributed by atoms with Crippen molar-refractivity contribution in [3.63, 3.8) is 0 Å². The molecule has 2 aromatic heterocycles. The maximum absolute atomic E-state index is 5.62. The minimum atomic E-state index is -0.179. The molecule has 6 heteroatoms. The fraction of sp³-hybridized carbons (Fsp3) is 0.217. The molecule has 0 spiro atoms. The van der Waals surface area contributed by atoms with Crippen LogP contribution in [0.5, 0.6) is 0 Å². The maximum atomic E-state index is 5.62. The molecule has 6 nitrogen and oxygen atoms in total. The topological polar surface area (TPSA) is 90.7 Å². The maximum Gasteiger partial charge on any atom is 0.257 e. The Morgan fingerprint density at radius 2 is 1.69 bits per heavy atom. The highest BCUT2D eigenvalue weighted by atomic mass is 16.5. The van der Waals surface area contributed by atoms with Crippen molar-refractivity contribution in [2.24, 2.45) is 0 Å². The van der Waals surface area contributed by atoms with Crippen molar-refractivity contribution in [2.75, 3.05) is 5.73 Å². The first-order valence-electron chi connectivity index (χ1n) is 9.74. The van der Waals surface area contributed by atoms with Crippen LogP contribution in [0.2, 0.25) is 0 Å². The molecule has 0 amide bonds. The Balaban J connectivity index is 1.47. The van der Waals surface area contributed by atoms with Crippen molar-refractivity contribution < 1.29 is 4.52 Å². The van der Waals surface area contributed by atoms with E-state index in [4.69, 9.17) is 15.2 Å². The van der Waals surface area contributed by atoms with Gasteiger partial charge in [0.1, 0.15) is 0 Å². The molecular formula is C23H21N5O. The lowest BCUT2D eigenvalue weighted by atomic mass is 9.64. The first-order chi connectivity index (χ1) is 14.1. The number of nitrogens with two attached hydrogens (primary N) is 1. The van der Waals surface area contributed by atoms with Crippen LogP contribution in [0.1, 0.15) is 36.2 Å². The molecule has 29 heavy (non-hydrogen) atoms. The van der Waals surface area contributed by atoms with Crippen LogP contribution in [0.4, 0.5) is 5.95 Å². The lowest BCUT2D eigenvalue weighted by Gasteiger charge is -2.39. The lowest BCUT2D eigenvalue weighted by molar-refractivity contribution is 0.273. The second-order valence-corrected chi connectivity index (χ2v) is 7.64. The molecule has 0 radical (unpaired) electrons. The Bertz CT molecular complexity index is 1140. The van der Waals surface area contributed by atoms with E-state index in [0.29, 0.717) is 5.89 Å². The molecular weight excluding hydrogens is 362 g/mol. The zero-order valence-electron chi connectivity index (χ0n) is 16.2. The van der Waals surface area contributed by atoms with Gasteiger partial charge in [-0.2, -0.15) is 4.98 Å². The number of rotatable bonds is 4. The van der Waals surface area contributed by atoms with Crippen LogP contribution < -0.4 is 5.73 Å². The van der Waals surface area contributed by atoms with Gasteiger partial charge in [-0.1, -0.05) is 53.5 Å². The summed E-state index contributed by atoms with van der Waals surface area (Å²) in [6.07, 6.45) is 6.67. The molecule has 2 aromatic carbocycles. The van der Waals surface area contributed by atoms with E-state index in [-0.39, 0.29) is 11.4 Å². The van der Waals surface area contributed by atoms with Crippen molar-refractivity contribution >= 4 is 5.95 Å². The van der Waals surface area contributed by atoms with Gasteiger partial charge in [0.15, 0.2) is 5.82 Å². The van der Waals surface area contributed by atoms with Crippen molar-refractivity contribution in [3.05, 3.63) is 77.9 Å². The highest BCUT2D eigenvalue weighted by Gasteiger charge is 2.44. The quantitative estimate of drug-likeness (QED) is 0.556. The van der Waals surface area contributed by atoms with E-state index < -0.39 is 0 Å². The third kappa shape index (κ3) is 3.06.